The molecule has 1 aromatic carbocycles. The maximum Gasteiger partial charge on any atom is 0.128 e. The number of hydrogen-bond acceptors (Lipinski definition) is 3. The lowest BCUT2D eigenvalue weighted by Crippen LogP contribution is -2.47. The lowest BCUT2D eigenvalue weighted by Gasteiger charge is -2.41. The van der Waals surface area contributed by atoms with Gasteiger partial charge in [0.15, 0.2) is 0 Å². The molecule has 2 rings (SSSR count). The second-order valence-electron chi connectivity index (χ2n) is 5.73. The number of anilines is 1. The fraction of sp³-hybridized carbons (Fsp3) is 0.562. The number of nitrogens with one attached hydrogen (secondary N) is 1. The minimum Gasteiger partial charge on any atom is -0.497 e. The molecule has 0 saturated heterocycles. The van der Waals surface area contributed by atoms with Gasteiger partial charge in [-0.15, -0.1) is 0 Å². The highest BCUT2D eigenvalue weighted by atomic mass is 16.5. The number of hydrogen-bond donors (Lipinski definition) is 1. The first-order chi connectivity index (χ1) is 9.09. The fourth-order valence-corrected chi connectivity index (χ4v) is 2.95. The summed E-state index contributed by atoms with van der Waals surface area (Å²) < 4.78 is 5.24. The highest BCUT2D eigenvalue weighted by Gasteiger charge is 2.41. The van der Waals surface area contributed by atoms with Gasteiger partial charge in [-0.05, 0) is 36.8 Å². The van der Waals surface area contributed by atoms with Crippen molar-refractivity contribution < 1.29 is 4.74 Å². The molecular formula is C16H22N2O. The maximum absolute atomic E-state index is 9.67. The third-order valence-electron chi connectivity index (χ3n) is 4.24. The van der Waals surface area contributed by atoms with Gasteiger partial charge in [0.2, 0.25) is 0 Å². The van der Waals surface area contributed by atoms with E-state index in [-0.39, 0.29) is 0 Å². The van der Waals surface area contributed by atoms with Crippen molar-refractivity contribution in [2.24, 2.45) is 11.8 Å². The van der Waals surface area contributed by atoms with E-state index in [0.29, 0.717) is 11.8 Å². The van der Waals surface area contributed by atoms with E-state index in [1.54, 1.807) is 7.11 Å². The molecule has 19 heavy (non-hydrogen) atoms. The Morgan fingerprint density at radius 1 is 1.37 bits per heavy atom. The molecular weight excluding hydrogens is 236 g/mol. The van der Waals surface area contributed by atoms with Gasteiger partial charge in [-0.3, -0.25) is 0 Å². The van der Waals surface area contributed by atoms with Gasteiger partial charge in [0.1, 0.15) is 11.3 Å². The van der Waals surface area contributed by atoms with Gasteiger partial charge in [-0.1, -0.05) is 26.3 Å². The standard InChI is InChI=1S/C16H22N2O/c1-12-7-8-13(2)16(10-12,11-17)18-14-5-4-6-15(9-14)19-3/h4-6,9,12-13,18H,7-8,10H2,1-3H3. The van der Waals surface area contributed by atoms with E-state index >= 15 is 0 Å². The smallest absolute Gasteiger partial charge is 0.128 e. The number of nitriles is 1. The average molecular weight is 258 g/mol. The fourth-order valence-electron chi connectivity index (χ4n) is 2.95. The molecule has 1 fully saturated rings. The normalized spacial score (nSPS) is 30.4. The zero-order chi connectivity index (χ0) is 13.9. The largest absolute Gasteiger partial charge is 0.497 e. The van der Waals surface area contributed by atoms with Gasteiger partial charge in [0.05, 0.1) is 13.2 Å². The van der Waals surface area contributed by atoms with Crippen molar-refractivity contribution >= 4 is 5.69 Å². The number of nitrogens with zero attached hydrogens (tertiary/aromatic N) is 1. The van der Waals surface area contributed by atoms with Gasteiger partial charge in [-0.25, -0.2) is 0 Å². The molecule has 0 aliphatic heterocycles. The van der Waals surface area contributed by atoms with Gasteiger partial charge < -0.3 is 10.1 Å². The number of methoxy groups -OCH3 is 1. The third kappa shape index (κ3) is 2.84. The Labute approximate surface area is 115 Å². The molecule has 3 heteroatoms. The van der Waals surface area contributed by atoms with Crippen LogP contribution in [0.5, 0.6) is 5.75 Å². The Bertz CT molecular complexity index is 480. The highest BCUT2D eigenvalue weighted by Crippen LogP contribution is 2.39. The average Bonchev–Trinajstić information content (AvgIpc) is 2.43. The zero-order valence-corrected chi connectivity index (χ0v) is 11.9. The second kappa shape index (κ2) is 5.52. The summed E-state index contributed by atoms with van der Waals surface area (Å²) in [5.74, 6) is 1.77. The summed E-state index contributed by atoms with van der Waals surface area (Å²) in [5.41, 5.74) is 0.506. The summed E-state index contributed by atoms with van der Waals surface area (Å²) in [5, 5.41) is 13.1. The van der Waals surface area contributed by atoms with Crippen LogP contribution >= 0.6 is 0 Å². The van der Waals surface area contributed by atoms with Gasteiger partial charge in [0.25, 0.3) is 0 Å². The number of ether oxygens (including phenoxy) is 1. The molecule has 102 valence electrons. The maximum atomic E-state index is 9.67. The van der Waals surface area contributed by atoms with Crippen molar-refractivity contribution in [3.8, 4) is 11.8 Å². The summed E-state index contributed by atoms with van der Waals surface area (Å²) >= 11 is 0. The Hall–Kier alpha value is -1.69. The molecule has 3 nitrogen and oxygen atoms in total. The van der Waals surface area contributed by atoms with Crippen LogP contribution in [0.15, 0.2) is 24.3 Å². The van der Waals surface area contributed by atoms with E-state index in [1.165, 1.54) is 6.42 Å². The van der Waals surface area contributed by atoms with E-state index in [0.717, 1.165) is 24.3 Å². The minimum absolute atomic E-state index is 0.361. The molecule has 1 saturated carbocycles. The summed E-state index contributed by atoms with van der Waals surface area (Å²) in [4.78, 5) is 0. The van der Waals surface area contributed by atoms with Crippen LogP contribution in [0.25, 0.3) is 0 Å². The molecule has 0 amide bonds. The molecule has 1 aliphatic carbocycles. The van der Waals surface area contributed by atoms with Crippen LogP contribution in [-0.2, 0) is 0 Å². The van der Waals surface area contributed by atoms with E-state index in [4.69, 9.17) is 4.74 Å². The topological polar surface area (TPSA) is 45.0 Å². The van der Waals surface area contributed by atoms with Crippen molar-refractivity contribution in [2.75, 3.05) is 12.4 Å². The molecule has 3 atom stereocenters. The zero-order valence-electron chi connectivity index (χ0n) is 11.9. The first kappa shape index (κ1) is 13.7. The lowest BCUT2D eigenvalue weighted by molar-refractivity contribution is 0.229. The Morgan fingerprint density at radius 3 is 2.84 bits per heavy atom. The number of benzene rings is 1. The van der Waals surface area contributed by atoms with E-state index < -0.39 is 5.54 Å². The van der Waals surface area contributed by atoms with Crippen LogP contribution in [-0.4, -0.2) is 12.6 Å². The summed E-state index contributed by atoms with van der Waals surface area (Å²) in [6, 6.07) is 10.3. The van der Waals surface area contributed by atoms with E-state index in [2.05, 4.69) is 25.2 Å². The van der Waals surface area contributed by atoms with Crippen LogP contribution in [0.4, 0.5) is 5.69 Å². The summed E-state index contributed by atoms with van der Waals surface area (Å²) in [6.07, 6.45) is 3.22. The summed E-state index contributed by atoms with van der Waals surface area (Å²) in [6.45, 7) is 4.40. The van der Waals surface area contributed by atoms with Crippen molar-refractivity contribution in [3.63, 3.8) is 0 Å². The van der Waals surface area contributed by atoms with Crippen molar-refractivity contribution in [3.05, 3.63) is 24.3 Å². The van der Waals surface area contributed by atoms with Gasteiger partial charge in [-0.2, -0.15) is 5.26 Å². The van der Waals surface area contributed by atoms with Crippen LogP contribution in [0.3, 0.4) is 0 Å². The predicted molar refractivity (Wildman–Crippen MR) is 77.1 cm³/mol. The van der Waals surface area contributed by atoms with Gasteiger partial charge >= 0.3 is 0 Å². The monoisotopic (exact) mass is 258 g/mol. The molecule has 0 radical (unpaired) electrons. The van der Waals surface area contributed by atoms with Gasteiger partial charge in [0, 0.05) is 11.8 Å². The number of rotatable bonds is 3. The Kier molecular flexibility index (Phi) is 3.99. The lowest BCUT2D eigenvalue weighted by atomic mass is 9.70. The van der Waals surface area contributed by atoms with E-state index in [9.17, 15) is 5.26 Å². The molecule has 0 heterocycles. The Morgan fingerprint density at radius 2 is 2.16 bits per heavy atom. The van der Waals surface area contributed by atoms with Crippen molar-refractivity contribution in [1.82, 2.24) is 0 Å². The van der Waals surface area contributed by atoms with Crippen molar-refractivity contribution in [2.45, 2.75) is 38.6 Å². The third-order valence-corrected chi connectivity index (χ3v) is 4.24. The molecule has 0 aromatic heterocycles. The van der Waals surface area contributed by atoms with E-state index in [1.807, 2.05) is 24.3 Å². The van der Waals surface area contributed by atoms with Crippen LogP contribution < -0.4 is 10.1 Å². The molecule has 3 unspecified atom stereocenters. The SMILES string of the molecule is COc1cccc(NC2(C#N)CC(C)CCC2C)c1. The summed E-state index contributed by atoms with van der Waals surface area (Å²) in [7, 11) is 1.66. The first-order valence-electron chi connectivity index (χ1n) is 6.93. The molecule has 0 spiro atoms. The van der Waals surface area contributed by atoms with Crippen LogP contribution in [0, 0.1) is 23.2 Å². The van der Waals surface area contributed by atoms with Crippen molar-refractivity contribution in [1.29, 1.82) is 5.26 Å². The second-order valence-corrected chi connectivity index (χ2v) is 5.73. The highest BCUT2D eigenvalue weighted by molar-refractivity contribution is 5.52. The molecule has 1 aliphatic rings. The first-order valence-corrected chi connectivity index (χ1v) is 6.93. The quantitative estimate of drug-likeness (QED) is 0.896. The van der Waals surface area contributed by atoms with Crippen LogP contribution in [0.1, 0.15) is 33.1 Å². The minimum atomic E-state index is -0.454. The molecule has 0 bridgehead atoms. The molecule has 1 aromatic rings. The molecule has 1 N–H and O–H groups in total. The Balaban J connectivity index is 2.24. The predicted octanol–water partition coefficient (Wildman–Crippen LogP) is 3.83. The van der Waals surface area contributed by atoms with Crippen LogP contribution in [0.2, 0.25) is 0 Å².